The summed E-state index contributed by atoms with van der Waals surface area (Å²) in [5, 5.41) is 13.4. The van der Waals surface area contributed by atoms with Crippen LogP contribution in [0.15, 0.2) is 0 Å². The minimum absolute atomic E-state index is 0.0433. The number of hydrogen-bond donors (Lipinski definition) is 2. The van der Waals surface area contributed by atoms with Crippen LogP contribution < -0.4 is 5.32 Å². The summed E-state index contributed by atoms with van der Waals surface area (Å²) < 4.78 is 5.46. The van der Waals surface area contributed by atoms with Crippen LogP contribution in [0.4, 0.5) is 0 Å². The van der Waals surface area contributed by atoms with Crippen molar-refractivity contribution in [2.75, 3.05) is 6.54 Å². The molecule has 1 aliphatic rings. The van der Waals surface area contributed by atoms with Gasteiger partial charge in [-0.05, 0) is 52.4 Å². The van der Waals surface area contributed by atoms with E-state index in [-0.39, 0.29) is 18.0 Å². The zero-order chi connectivity index (χ0) is 16.0. The molecule has 4 heteroatoms. The van der Waals surface area contributed by atoms with E-state index in [1.807, 2.05) is 20.8 Å². The van der Waals surface area contributed by atoms with Crippen LogP contribution in [0.1, 0.15) is 66.7 Å². The first-order chi connectivity index (χ1) is 9.73. The maximum atomic E-state index is 12.0. The van der Waals surface area contributed by atoms with Crippen LogP contribution in [0, 0.1) is 11.8 Å². The van der Waals surface area contributed by atoms with E-state index in [4.69, 9.17) is 4.74 Å². The van der Waals surface area contributed by atoms with Crippen molar-refractivity contribution in [2.24, 2.45) is 11.8 Å². The molecule has 0 aromatic carbocycles. The fourth-order valence-electron chi connectivity index (χ4n) is 2.68. The van der Waals surface area contributed by atoms with Gasteiger partial charge >= 0.3 is 5.97 Å². The summed E-state index contributed by atoms with van der Waals surface area (Å²) in [6, 6.07) is 0.419. The third-order valence-corrected chi connectivity index (χ3v) is 4.38. The Morgan fingerprint density at radius 2 is 1.86 bits per heavy atom. The summed E-state index contributed by atoms with van der Waals surface area (Å²) in [6.45, 7) is 10.6. The minimum atomic E-state index is -0.396. The van der Waals surface area contributed by atoms with Gasteiger partial charge in [-0.3, -0.25) is 4.79 Å². The van der Waals surface area contributed by atoms with Crippen molar-refractivity contribution in [3.63, 3.8) is 0 Å². The van der Waals surface area contributed by atoms with Crippen molar-refractivity contribution in [3.8, 4) is 0 Å². The average Bonchev–Trinajstić information content (AvgIpc) is 2.42. The highest BCUT2D eigenvalue weighted by atomic mass is 16.6. The number of nitrogens with one attached hydrogen (secondary N) is 1. The molecule has 0 aliphatic heterocycles. The van der Waals surface area contributed by atoms with Crippen LogP contribution in [-0.2, 0) is 9.53 Å². The molecule has 2 unspecified atom stereocenters. The third kappa shape index (κ3) is 6.79. The second-order valence-electron chi connectivity index (χ2n) is 7.44. The predicted octanol–water partition coefficient (Wildman–Crippen LogP) is 2.88. The van der Waals surface area contributed by atoms with Gasteiger partial charge in [0.2, 0.25) is 0 Å². The summed E-state index contributed by atoms with van der Waals surface area (Å²) in [4.78, 5) is 12.0. The molecule has 124 valence electrons. The highest BCUT2D eigenvalue weighted by Crippen LogP contribution is 2.27. The minimum Gasteiger partial charge on any atom is -0.460 e. The number of carbonyl (C=O) groups is 1. The Hall–Kier alpha value is -0.610. The van der Waals surface area contributed by atoms with Crippen molar-refractivity contribution in [3.05, 3.63) is 0 Å². The van der Waals surface area contributed by atoms with Gasteiger partial charge in [0.1, 0.15) is 5.60 Å². The summed E-state index contributed by atoms with van der Waals surface area (Å²) in [5.74, 6) is 0.318. The lowest BCUT2D eigenvalue weighted by molar-refractivity contribution is -0.161. The molecule has 2 N–H and O–H groups in total. The Bertz CT molecular complexity index is 316. The summed E-state index contributed by atoms with van der Waals surface area (Å²) in [5.41, 5.74) is -0.396. The van der Waals surface area contributed by atoms with Crippen LogP contribution >= 0.6 is 0 Å². The van der Waals surface area contributed by atoms with Crippen LogP contribution in [0.2, 0.25) is 0 Å². The number of rotatable bonds is 6. The fourth-order valence-corrected chi connectivity index (χ4v) is 2.68. The van der Waals surface area contributed by atoms with E-state index in [1.54, 1.807) is 0 Å². The zero-order valence-corrected chi connectivity index (χ0v) is 14.3. The first-order valence-corrected chi connectivity index (χ1v) is 8.37. The second kappa shape index (κ2) is 8.14. The third-order valence-electron chi connectivity index (χ3n) is 4.38. The Labute approximate surface area is 129 Å². The van der Waals surface area contributed by atoms with E-state index in [1.165, 1.54) is 0 Å². The molecule has 0 aromatic rings. The van der Waals surface area contributed by atoms with Gasteiger partial charge in [0.05, 0.1) is 12.0 Å². The van der Waals surface area contributed by atoms with E-state index in [0.717, 1.165) is 32.1 Å². The van der Waals surface area contributed by atoms with E-state index >= 15 is 0 Å². The van der Waals surface area contributed by atoms with Crippen LogP contribution in [0.25, 0.3) is 0 Å². The van der Waals surface area contributed by atoms with E-state index in [0.29, 0.717) is 18.5 Å². The summed E-state index contributed by atoms with van der Waals surface area (Å²) >= 11 is 0. The van der Waals surface area contributed by atoms with Gasteiger partial charge in [-0.1, -0.05) is 20.3 Å². The molecule has 0 amide bonds. The number of aliphatic hydroxyl groups is 1. The van der Waals surface area contributed by atoms with Gasteiger partial charge in [-0.15, -0.1) is 0 Å². The van der Waals surface area contributed by atoms with Gasteiger partial charge < -0.3 is 15.2 Å². The van der Waals surface area contributed by atoms with Crippen molar-refractivity contribution in [1.29, 1.82) is 0 Å². The number of hydrogen-bond acceptors (Lipinski definition) is 4. The molecule has 1 aliphatic carbocycles. The van der Waals surface area contributed by atoms with Crippen LogP contribution in [0.5, 0.6) is 0 Å². The van der Waals surface area contributed by atoms with Crippen molar-refractivity contribution >= 4 is 5.97 Å². The normalized spacial score (nSPS) is 26.2. The lowest BCUT2D eigenvalue weighted by atomic mass is 9.85. The Morgan fingerprint density at radius 3 is 2.33 bits per heavy atom. The lowest BCUT2D eigenvalue weighted by Crippen LogP contribution is -2.41. The van der Waals surface area contributed by atoms with Crippen molar-refractivity contribution in [2.45, 2.75) is 84.5 Å². The molecule has 0 spiro atoms. The van der Waals surface area contributed by atoms with Crippen molar-refractivity contribution < 1.29 is 14.6 Å². The molecule has 0 radical (unpaired) electrons. The van der Waals surface area contributed by atoms with E-state index in [2.05, 4.69) is 19.2 Å². The van der Waals surface area contributed by atoms with Gasteiger partial charge in [-0.25, -0.2) is 0 Å². The highest BCUT2D eigenvalue weighted by Gasteiger charge is 2.30. The van der Waals surface area contributed by atoms with Crippen LogP contribution in [0.3, 0.4) is 0 Å². The smallest absolute Gasteiger partial charge is 0.309 e. The number of ether oxygens (including phenoxy) is 1. The molecule has 2 atom stereocenters. The molecular weight excluding hydrogens is 266 g/mol. The maximum Gasteiger partial charge on any atom is 0.309 e. The standard InChI is InChI=1S/C17H33NO3/c1-6-12(2)15(19)11-18-14-9-7-13(8-10-14)16(20)21-17(3,4)5/h12-15,18-19H,6-11H2,1-5H3. The second-order valence-corrected chi connectivity index (χ2v) is 7.44. The fraction of sp³-hybridized carbons (Fsp3) is 0.941. The number of aliphatic hydroxyl groups excluding tert-OH is 1. The summed E-state index contributed by atoms with van der Waals surface area (Å²) in [6.07, 6.45) is 4.44. The molecule has 1 saturated carbocycles. The van der Waals surface area contributed by atoms with E-state index < -0.39 is 5.60 Å². The molecule has 4 nitrogen and oxygen atoms in total. The highest BCUT2D eigenvalue weighted by molar-refractivity contribution is 5.73. The lowest BCUT2D eigenvalue weighted by Gasteiger charge is -2.31. The van der Waals surface area contributed by atoms with Crippen molar-refractivity contribution in [1.82, 2.24) is 5.32 Å². The quantitative estimate of drug-likeness (QED) is 0.740. The largest absolute Gasteiger partial charge is 0.460 e. The van der Waals surface area contributed by atoms with E-state index in [9.17, 15) is 9.90 Å². The zero-order valence-electron chi connectivity index (χ0n) is 14.3. The maximum absolute atomic E-state index is 12.0. The molecule has 0 saturated heterocycles. The van der Waals surface area contributed by atoms with Gasteiger partial charge in [0, 0.05) is 12.6 Å². The molecule has 0 aromatic heterocycles. The molecule has 21 heavy (non-hydrogen) atoms. The summed E-state index contributed by atoms with van der Waals surface area (Å²) in [7, 11) is 0. The topological polar surface area (TPSA) is 58.6 Å². The Balaban J connectivity index is 2.28. The molecule has 1 fully saturated rings. The Kier molecular flexibility index (Phi) is 7.14. The monoisotopic (exact) mass is 299 g/mol. The average molecular weight is 299 g/mol. The molecule has 1 rings (SSSR count). The molecule has 0 heterocycles. The van der Waals surface area contributed by atoms with Crippen LogP contribution in [-0.4, -0.2) is 35.4 Å². The predicted molar refractivity (Wildman–Crippen MR) is 85.1 cm³/mol. The van der Waals surface area contributed by atoms with Gasteiger partial charge in [-0.2, -0.15) is 0 Å². The van der Waals surface area contributed by atoms with Gasteiger partial charge in [0.15, 0.2) is 0 Å². The first kappa shape index (κ1) is 18.4. The molecular formula is C17H33NO3. The number of esters is 1. The SMILES string of the molecule is CCC(C)C(O)CNC1CCC(C(=O)OC(C)(C)C)CC1. The Morgan fingerprint density at radius 1 is 1.29 bits per heavy atom. The number of carbonyl (C=O) groups excluding carboxylic acids is 1. The first-order valence-electron chi connectivity index (χ1n) is 8.37. The van der Waals surface area contributed by atoms with Gasteiger partial charge in [0.25, 0.3) is 0 Å². The molecule has 0 bridgehead atoms.